The smallest absolute Gasteiger partial charge is 0.343 e. The molecule has 1 rings (SSSR count). The van der Waals surface area contributed by atoms with Crippen LogP contribution in [-0.2, 0) is 12.8 Å². The number of hydrogen-bond donors (Lipinski definition) is 2. The van der Waals surface area contributed by atoms with Gasteiger partial charge in [0.15, 0.2) is 0 Å². The molecule has 1 aromatic heterocycles. The molecule has 0 fully saturated rings. The van der Waals surface area contributed by atoms with E-state index >= 15 is 0 Å². The molecule has 0 aliphatic heterocycles. The lowest BCUT2D eigenvalue weighted by atomic mass is 10.1. The van der Waals surface area contributed by atoms with Crippen LogP contribution >= 0.6 is 0 Å². The lowest BCUT2D eigenvalue weighted by Gasteiger charge is -2.06. The maximum absolute atomic E-state index is 11.9. The zero-order valence-electron chi connectivity index (χ0n) is 13.8. The summed E-state index contributed by atoms with van der Waals surface area (Å²) in [7, 11) is 0. The van der Waals surface area contributed by atoms with Gasteiger partial charge in [-0.2, -0.15) is 0 Å². The van der Waals surface area contributed by atoms with Gasteiger partial charge in [0.05, 0.1) is 11.7 Å². The zero-order chi connectivity index (χ0) is 16.7. The van der Waals surface area contributed by atoms with Crippen LogP contribution in [0.25, 0.3) is 0 Å². The summed E-state index contributed by atoms with van der Waals surface area (Å²) >= 11 is 0. The first-order chi connectivity index (χ1) is 10.3. The maximum atomic E-state index is 11.9. The minimum absolute atomic E-state index is 0.0692. The van der Waals surface area contributed by atoms with Crippen LogP contribution in [0.4, 0.5) is 0 Å². The van der Waals surface area contributed by atoms with Crippen molar-refractivity contribution in [2.24, 2.45) is 0 Å². The summed E-state index contributed by atoms with van der Waals surface area (Å²) in [5.74, 6) is 0.228. The summed E-state index contributed by atoms with van der Waals surface area (Å²) in [6, 6.07) is 1.41. The second kappa shape index (κ2) is 8.59. The third-order valence-electron chi connectivity index (χ3n) is 3.32. The highest BCUT2D eigenvalue weighted by Gasteiger charge is 2.11. The average Bonchev–Trinajstić information content (AvgIpc) is 2.36. The fraction of sp³-hybridized carbons (Fsp3) is 0.500. The highest BCUT2D eigenvalue weighted by Crippen LogP contribution is 2.18. The number of aliphatic hydroxyl groups excluding tert-OH is 1. The second-order valence-electron chi connectivity index (χ2n) is 5.99. The largest absolute Gasteiger partial charge is 0.507 e. The summed E-state index contributed by atoms with van der Waals surface area (Å²) in [5, 5.41) is 19.3. The summed E-state index contributed by atoms with van der Waals surface area (Å²) in [6.45, 7) is 7.75. The van der Waals surface area contributed by atoms with Crippen LogP contribution < -0.4 is 5.63 Å². The van der Waals surface area contributed by atoms with Crippen molar-refractivity contribution in [3.63, 3.8) is 0 Å². The number of allylic oxidation sites excluding steroid dienone is 4. The number of aliphatic hydroxyl groups is 1. The number of rotatable bonds is 7. The standard InChI is InChI=1S/C18H26O4/c1-12(2)6-5-7-13(3)8-9-16-17(20)11-15(10-14(4)19)22-18(16)21/h6,8,11,14,19-20H,5,7,9-10H2,1-4H3/b13-8+/t14-/m0/s1. The molecule has 4 heteroatoms. The van der Waals surface area contributed by atoms with Crippen LogP contribution in [0.3, 0.4) is 0 Å². The molecule has 0 spiro atoms. The molecule has 0 amide bonds. The summed E-state index contributed by atoms with van der Waals surface area (Å²) in [4.78, 5) is 11.9. The van der Waals surface area contributed by atoms with E-state index in [0.29, 0.717) is 12.2 Å². The first kappa shape index (κ1) is 18.2. The predicted octanol–water partition coefficient (Wildman–Crippen LogP) is 3.50. The fourth-order valence-corrected chi connectivity index (χ4v) is 2.10. The van der Waals surface area contributed by atoms with Gasteiger partial charge in [0.1, 0.15) is 11.5 Å². The minimum atomic E-state index is -0.620. The molecular weight excluding hydrogens is 280 g/mol. The highest BCUT2D eigenvalue weighted by atomic mass is 16.4. The summed E-state index contributed by atoms with van der Waals surface area (Å²) in [6.07, 6.45) is 5.96. The molecule has 0 unspecified atom stereocenters. The van der Waals surface area contributed by atoms with Gasteiger partial charge >= 0.3 is 5.63 Å². The maximum Gasteiger partial charge on any atom is 0.343 e. The summed E-state index contributed by atoms with van der Waals surface area (Å²) in [5.41, 5.74) is 2.18. The topological polar surface area (TPSA) is 70.7 Å². The van der Waals surface area contributed by atoms with Crippen LogP contribution in [0.15, 0.2) is 38.6 Å². The molecule has 1 aromatic rings. The molecule has 0 saturated heterocycles. The third-order valence-corrected chi connectivity index (χ3v) is 3.32. The van der Waals surface area contributed by atoms with Gasteiger partial charge in [0.25, 0.3) is 0 Å². The third kappa shape index (κ3) is 6.31. The lowest BCUT2D eigenvalue weighted by molar-refractivity contribution is 0.185. The van der Waals surface area contributed by atoms with Gasteiger partial charge in [-0.15, -0.1) is 0 Å². The Morgan fingerprint density at radius 2 is 2.00 bits per heavy atom. The number of aromatic hydroxyl groups is 1. The Morgan fingerprint density at radius 1 is 1.32 bits per heavy atom. The minimum Gasteiger partial charge on any atom is -0.507 e. The second-order valence-corrected chi connectivity index (χ2v) is 5.99. The molecule has 0 bridgehead atoms. The van der Waals surface area contributed by atoms with Crippen molar-refractivity contribution in [1.82, 2.24) is 0 Å². The van der Waals surface area contributed by atoms with E-state index in [4.69, 9.17) is 4.42 Å². The van der Waals surface area contributed by atoms with Crippen LogP contribution in [0, 0.1) is 0 Å². The fourth-order valence-electron chi connectivity index (χ4n) is 2.10. The van der Waals surface area contributed by atoms with Crippen LogP contribution in [0.5, 0.6) is 5.75 Å². The van der Waals surface area contributed by atoms with E-state index in [1.165, 1.54) is 17.2 Å². The Balaban J connectivity index is 2.77. The van der Waals surface area contributed by atoms with E-state index < -0.39 is 11.7 Å². The Labute approximate surface area is 131 Å². The first-order valence-corrected chi connectivity index (χ1v) is 7.61. The van der Waals surface area contributed by atoms with Gasteiger partial charge in [0, 0.05) is 18.9 Å². The Bertz CT molecular complexity index is 602. The predicted molar refractivity (Wildman–Crippen MR) is 88.2 cm³/mol. The molecule has 2 N–H and O–H groups in total. The van der Waals surface area contributed by atoms with E-state index in [0.717, 1.165) is 12.8 Å². The van der Waals surface area contributed by atoms with E-state index in [2.05, 4.69) is 19.9 Å². The van der Waals surface area contributed by atoms with Crippen molar-refractivity contribution in [2.45, 2.75) is 59.5 Å². The van der Waals surface area contributed by atoms with E-state index in [1.807, 2.05) is 13.0 Å². The van der Waals surface area contributed by atoms with Crippen molar-refractivity contribution in [2.75, 3.05) is 0 Å². The molecule has 1 heterocycles. The molecule has 0 saturated carbocycles. The Hall–Kier alpha value is -1.81. The molecule has 4 nitrogen and oxygen atoms in total. The van der Waals surface area contributed by atoms with Crippen LogP contribution in [-0.4, -0.2) is 16.3 Å². The quantitative estimate of drug-likeness (QED) is 0.756. The summed E-state index contributed by atoms with van der Waals surface area (Å²) < 4.78 is 5.13. The van der Waals surface area contributed by atoms with E-state index in [-0.39, 0.29) is 17.7 Å². The molecule has 22 heavy (non-hydrogen) atoms. The monoisotopic (exact) mass is 306 g/mol. The average molecular weight is 306 g/mol. The number of hydrogen-bond acceptors (Lipinski definition) is 4. The van der Waals surface area contributed by atoms with Crippen molar-refractivity contribution in [3.8, 4) is 5.75 Å². The van der Waals surface area contributed by atoms with Gasteiger partial charge in [-0.1, -0.05) is 23.3 Å². The van der Waals surface area contributed by atoms with Crippen molar-refractivity contribution in [3.05, 3.63) is 51.1 Å². The highest BCUT2D eigenvalue weighted by molar-refractivity contribution is 5.32. The Kier molecular flexibility index (Phi) is 7.12. The molecule has 0 aromatic carbocycles. The van der Waals surface area contributed by atoms with Gasteiger partial charge in [-0.05, 0) is 40.5 Å². The van der Waals surface area contributed by atoms with Gasteiger partial charge < -0.3 is 14.6 Å². The molecule has 0 aliphatic rings. The zero-order valence-corrected chi connectivity index (χ0v) is 13.8. The molecule has 1 atom stereocenters. The van der Waals surface area contributed by atoms with Gasteiger partial charge in [-0.3, -0.25) is 0 Å². The van der Waals surface area contributed by atoms with Gasteiger partial charge in [-0.25, -0.2) is 4.79 Å². The SMILES string of the molecule is CC(C)=CCC/C(C)=C/Cc1c(O)cc(C[C@H](C)O)oc1=O. The van der Waals surface area contributed by atoms with E-state index in [9.17, 15) is 15.0 Å². The van der Waals surface area contributed by atoms with Crippen LogP contribution in [0.2, 0.25) is 0 Å². The first-order valence-electron chi connectivity index (χ1n) is 7.61. The van der Waals surface area contributed by atoms with Crippen LogP contribution in [0.1, 0.15) is 51.9 Å². The molecule has 0 aliphatic carbocycles. The normalized spacial score (nSPS) is 13.0. The van der Waals surface area contributed by atoms with Crippen molar-refractivity contribution < 1.29 is 14.6 Å². The molecule has 122 valence electrons. The van der Waals surface area contributed by atoms with E-state index in [1.54, 1.807) is 6.92 Å². The molecular formula is C18H26O4. The van der Waals surface area contributed by atoms with Crippen molar-refractivity contribution in [1.29, 1.82) is 0 Å². The van der Waals surface area contributed by atoms with Crippen molar-refractivity contribution >= 4 is 0 Å². The van der Waals surface area contributed by atoms with Gasteiger partial charge in [0.2, 0.25) is 0 Å². The Morgan fingerprint density at radius 3 is 2.55 bits per heavy atom. The molecule has 0 radical (unpaired) electrons. The lowest BCUT2D eigenvalue weighted by Crippen LogP contribution is -2.12.